The lowest BCUT2D eigenvalue weighted by Gasteiger charge is -2.49. The molecule has 3 heterocycles. The second-order valence-electron chi connectivity index (χ2n) is 6.34. The lowest BCUT2D eigenvalue weighted by molar-refractivity contribution is -0.146. The summed E-state index contributed by atoms with van der Waals surface area (Å²) >= 11 is 2.49. The number of hydrogen-bond donors (Lipinski definition) is 2. The maximum Gasteiger partial charge on any atom is 0.302 e. The highest BCUT2D eigenvalue weighted by Crippen LogP contribution is 2.40. The van der Waals surface area contributed by atoms with E-state index in [1.807, 2.05) is 0 Å². The van der Waals surface area contributed by atoms with Gasteiger partial charge in [0.1, 0.15) is 30.8 Å². The quantitative estimate of drug-likeness (QED) is 0.249. The molecule has 2 aliphatic rings. The molecule has 2 amide bonds. The number of nitrogens with one attached hydrogen (secondary N) is 1. The van der Waals surface area contributed by atoms with Gasteiger partial charge in [0, 0.05) is 30.6 Å². The van der Waals surface area contributed by atoms with Crippen molar-refractivity contribution in [2.24, 2.45) is 5.16 Å². The third kappa shape index (κ3) is 4.16. The third-order valence-electron chi connectivity index (χ3n) is 4.28. The molecule has 1 saturated heterocycles. The first kappa shape index (κ1) is 21.8. The number of nitrogens with two attached hydrogens (primary N) is 1. The molecule has 3 rings (SSSR count). The Labute approximate surface area is 179 Å². The second-order valence-corrected chi connectivity index (χ2v) is 8.34. The molecule has 0 aromatic carbocycles. The molecule has 11 nitrogen and oxygen atoms in total. The highest BCUT2D eigenvalue weighted by molar-refractivity contribution is 8.00. The molecule has 2 aliphatic heterocycles. The Bertz CT molecular complexity index is 972. The van der Waals surface area contributed by atoms with Gasteiger partial charge in [0.2, 0.25) is 0 Å². The SMILES string of the molecule is CO/N=C(/C(=O)N[C@@H]1C(=O)N2C(C(C)=O)=C(COC(C)=O)CS[C@H]12)c1csc(N)n1. The number of thiazole rings is 1. The number of nitrogen functional groups attached to an aromatic ring is 1. The van der Waals surface area contributed by atoms with Crippen LogP contribution in [0.25, 0.3) is 0 Å². The molecule has 30 heavy (non-hydrogen) atoms. The monoisotopic (exact) mass is 453 g/mol. The van der Waals surface area contributed by atoms with Crippen molar-refractivity contribution in [3.05, 3.63) is 22.3 Å². The van der Waals surface area contributed by atoms with E-state index in [0.29, 0.717) is 11.3 Å². The first-order chi connectivity index (χ1) is 14.2. The number of ether oxygens (including phenoxy) is 1. The van der Waals surface area contributed by atoms with Gasteiger partial charge in [-0.2, -0.15) is 0 Å². The Kier molecular flexibility index (Phi) is 6.41. The zero-order valence-corrected chi connectivity index (χ0v) is 18.0. The van der Waals surface area contributed by atoms with Gasteiger partial charge in [-0.3, -0.25) is 24.1 Å². The van der Waals surface area contributed by atoms with E-state index in [4.69, 9.17) is 15.3 Å². The number of esters is 1. The van der Waals surface area contributed by atoms with Gasteiger partial charge in [-0.05, 0) is 0 Å². The number of anilines is 1. The standard InChI is InChI=1S/C17H19N5O6S2/c1-7(23)13-9(4-28-8(2)24)5-29-16-12(15(26)22(13)16)20-14(25)11(21-27-3)10-6-30-17(18)19-10/h6,12,16H,4-5H2,1-3H3,(H2,18,19)(H,20,25)/b21-11+/t12-,16-/m1/s1. The molecule has 160 valence electrons. The molecule has 1 aromatic rings. The molecule has 3 N–H and O–H groups in total. The number of nitrogens with zero attached hydrogens (tertiary/aromatic N) is 3. The minimum atomic E-state index is -0.856. The zero-order valence-electron chi connectivity index (χ0n) is 16.3. The van der Waals surface area contributed by atoms with E-state index in [-0.39, 0.29) is 34.6 Å². The third-order valence-corrected chi connectivity index (χ3v) is 6.29. The molecule has 0 bridgehead atoms. The average Bonchev–Trinajstić information content (AvgIpc) is 3.13. The smallest absolute Gasteiger partial charge is 0.302 e. The highest BCUT2D eigenvalue weighted by Gasteiger charge is 2.53. The molecule has 2 atom stereocenters. The minimum Gasteiger partial charge on any atom is -0.461 e. The number of Topliss-reactive ketones (excluding diaryl/α,β-unsaturated/α-hetero) is 1. The summed E-state index contributed by atoms with van der Waals surface area (Å²) < 4.78 is 4.99. The van der Waals surface area contributed by atoms with Crippen LogP contribution < -0.4 is 11.1 Å². The van der Waals surface area contributed by atoms with Crippen molar-refractivity contribution >= 4 is 57.5 Å². The van der Waals surface area contributed by atoms with Gasteiger partial charge in [-0.1, -0.05) is 5.16 Å². The fourth-order valence-electron chi connectivity index (χ4n) is 3.05. The lowest BCUT2D eigenvalue weighted by Crippen LogP contribution is -2.71. The molecule has 0 spiro atoms. The number of allylic oxidation sites excluding steroid dienone is 1. The number of β-lactam (4-membered cyclic amide) rings is 1. The van der Waals surface area contributed by atoms with Crippen LogP contribution in [0.2, 0.25) is 0 Å². The van der Waals surface area contributed by atoms with Gasteiger partial charge in [-0.15, -0.1) is 23.1 Å². The molecule has 1 aromatic heterocycles. The largest absolute Gasteiger partial charge is 0.461 e. The topological polar surface area (TPSA) is 153 Å². The molecule has 1 fully saturated rings. The van der Waals surface area contributed by atoms with Gasteiger partial charge in [0.05, 0.1) is 5.70 Å². The molecule has 0 radical (unpaired) electrons. The Hall–Kier alpha value is -2.93. The van der Waals surface area contributed by atoms with Crippen molar-refractivity contribution in [3.63, 3.8) is 0 Å². The van der Waals surface area contributed by atoms with Gasteiger partial charge in [-0.25, -0.2) is 4.98 Å². The highest BCUT2D eigenvalue weighted by atomic mass is 32.2. The summed E-state index contributed by atoms with van der Waals surface area (Å²) in [6.45, 7) is 2.54. The van der Waals surface area contributed by atoms with Crippen molar-refractivity contribution < 1.29 is 28.8 Å². The van der Waals surface area contributed by atoms with E-state index < -0.39 is 29.2 Å². The van der Waals surface area contributed by atoms with Crippen LogP contribution in [0.3, 0.4) is 0 Å². The summed E-state index contributed by atoms with van der Waals surface area (Å²) in [5, 5.41) is 7.66. The van der Waals surface area contributed by atoms with Crippen LogP contribution in [0.15, 0.2) is 21.8 Å². The fourth-order valence-corrected chi connectivity index (χ4v) is 4.92. The summed E-state index contributed by atoms with van der Waals surface area (Å²) in [6, 6.07) is -0.856. The van der Waals surface area contributed by atoms with E-state index in [0.717, 1.165) is 11.3 Å². The summed E-state index contributed by atoms with van der Waals surface area (Å²) in [5.74, 6) is -1.52. The molecule has 13 heteroatoms. The molecule has 0 unspecified atom stereocenters. The van der Waals surface area contributed by atoms with Crippen LogP contribution >= 0.6 is 23.1 Å². The van der Waals surface area contributed by atoms with Gasteiger partial charge in [0.25, 0.3) is 11.8 Å². The van der Waals surface area contributed by atoms with E-state index in [9.17, 15) is 19.2 Å². The van der Waals surface area contributed by atoms with Crippen LogP contribution in [-0.2, 0) is 28.8 Å². The number of ketones is 1. The van der Waals surface area contributed by atoms with Gasteiger partial charge < -0.3 is 20.6 Å². The van der Waals surface area contributed by atoms with Crippen molar-refractivity contribution in [1.82, 2.24) is 15.2 Å². The van der Waals surface area contributed by atoms with Crippen LogP contribution in [0.5, 0.6) is 0 Å². The van der Waals surface area contributed by atoms with Crippen LogP contribution in [-0.4, -0.2) is 70.0 Å². The predicted molar refractivity (Wildman–Crippen MR) is 109 cm³/mol. The first-order valence-electron chi connectivity index (χ1n) is 8.69. The van der Waals surface area contributed by atoms with E-state index in [2.05, 4.69) is 15.5 Å². The summed E-state index contributed by atoms with van der Waals surface area (Å²) in [5.41, 5.74) is 6.47. The van der Waals surface area contributed by atoms with Crippen LogP contribution in [0.4, 0.5) is 5.13 Å². The number of amides is 2. The molecule has 0 saturated carbocycles. The van der Waals surface area contributed by atoms with Crippen molar-refractivity contribution in [2.75, 3.05) is 25.2 Å². The zero-order chi connectivity index (χ0) is 22.0. The Morgan fingerprint density at radius 1 is 1.40 bits per heavy atom. The normalized spacial score (nSPS) is 21.0. The number of carbonyl (C=O) groups is 4. The van der Waals surface area contributed by atoms with Crippen LogP contribution in [0, 0.1) is 0 Å². The predicted octanol–water partition coefficient (Wildman–Crippen LogP) is -0.118. The van der Waals surface area contributed by atoms with E-state index in [1.54, 1.807) is 5.38 Å². The van der Waals surface area contributed by atoms with Crippen molar-refractivity contribution in [3.8, 4) is 0 Å². The van der Waals surface area contributed by atoms with E-state index >= 15 is 0 Å². The Morgan fingerprint density at radius 2 is 2.13 bits per heavy atom. The van der Waals surface area contributed by atoms with Crippen molar-refractivity contribution in [1.29, 1.82) is 0 Å². The summed E-state index contributed by atoms with van der Waals surface area (Å²) in [7, 11) is 1.28. The van der Waals surface area contributed by atoms with Crippen LogP contribution in [0.1, 0.15) is 19.5 Å². The summed E-state index contributed by atoms with van der Waals surface area (Å²) in [6.07, 6.45) is 0. The van der Waals surface area contributed by atoms with E-state index in [1.165, 1.54) is 37.6 Å². The number of aromatic nitrogens is 1. The number of carbonyl (C=O) groups excluding carboxylic acids is 4. The second kappa shape index (κ2) is 8.83. The number of rotatable bonds is 7. The number of oxime groups is 1. The maximum absolute atomic E-state index is 12.8. The number of hydrogen-bond acceptors (Lipinski definition) is 11. The van der Waals surface area contributed by atoms with Crippen molar-refractivity contribution in [2.45, 2.75) is 25.3 Å². The maximum atomic E-state index is 12.8. The molecular formula is C17H19N5O6S2. The number of fused-ring (bicyclic) bond motifs is 1. The summed E-state index contributed by atoms with van der Waals surface area (Å²) in [4.78, 5) is 58.8. The number of thioether (sulfide) groups is 1. The van der Waals surface area contributed by atoms with Gasteiger partial charge in [0.15, 0.2) is 16.6 Å². The minimum absolute atomic E-state index is 0.0688. The molecular weight excluding hydrogens is 434 g/mol. The van der Waals surface area contributed by atoms with Gasteiger partial charge >= 0.3 is 5.97 Å². The average molecular weight is 454 g/mol. The Balaban J connectivity index is 1.77. The fraction of sp³-hybridized carbons (Fsp3) is 0.412. The lowest BCUT2D eigenvalue weighted by atomic mass is 10.0. The first-order valence-corrected chi connectivity index (χ1v) is 10.6. The molecule has 0 aliphatic carbocycles. The Morgan fingerprint density at radius 3 is 2.70 bits per heavy atom.